The Kier molecular flexibility index (Phi) is 6.42. The number of nitrogens with zero attached hydrogens (tertiary/aromatic N) is 5. The van der Waals surface area contributed by atoms with Gasteiger partial charge in [-0.15, -0.1) is 0 Å². The van der Waals surface area contributed by atoms with Gasteiger partial charge in [-0.3, -0.25) is 4.79 Å². The number of aromatic nitrogens is 4. The van der Waals surface area contributed by atoms with Crippen molar-refractivity contribution in [1.29, 1.82) is 0 Å². The minimum absolute atomic E-state index is 0.104. The van der Waals surface area contributed by atoms with Gasteiger partial charge in [0.05, 0.1) is 25.5 Å². The first kappa shape index (κ1) is 20.8. The van der Waals surface area contributed by atoms with Crippen LogP contribution in [0.15, 0.2) is 42.6 Å². The van der Waals surface area contributed by atoms with Gasteiger partial charge in [0, 0.05) is 37.8 Å². The molecule has 31 heavy (non-hydrogen) atoms. The molecule has 1 fully saturated rings. The van der Waals surface area contributed by atoms with Crippen LogP contribution >= 0.6 is 0 Å². The molecule has 1 amide bonds. The largest absolute Gasteiger partial charge is 0.461 e. The molecule has 4 rings (SSSR count). The number of hydrogen-bond acceptors (Lipinski definition) is 7. The number of anilines is 1. The molecular formula is C22H26N6O3. The monoisotopic (exact) mass is 422 g/mol. The SMILES string of the molecule is CC(=O)NCCOc1nc(N2CCOCC2)cc(-n2ccc(-c3cccc(C)c3)n2)n1. The van der Waals surface area contributed by atoms with Crippen LogP contribution in [0.3, 0.4) is 0 Å². The lowest BCUT2D eigenvalue weighted by Crippen LogP contribution is -2.37. The molecule has 3 heterocycles. The third-order valence-corrected chi connectivity index (χ3v) is 4.86. The van der Waals surface area contributed by atoms with E-state index in [9.17, 15) is 4.79 Å². The molecule has 0 unspecified atom stereocenters. The molecule has 2 aromatic heterocycles. The first-order valence-corrected chi connectivity index (χ1v) is 10.3. The Morgan fingerprint density at radius 3 is 2.74 bits per heavy atom. The van der Waals surface area contributed by atoms with E-state index in [0.29, 0.717) is 25.6 Å². The van der Waals surface area contributed by atoms with Gasteiger partial charge in [0.2, 0.25) is 5.91 Å². The summed E-state index contributed by atoms with van der Waals surface area (Å²) in [4.78, 5) is 22.3. The molecule has 0 bridgehead atoms. The van der Waals surface area contributed by atoms with Crippen molar-refractivity contribution in [2.24, 2.45) is 0 Å². The van der Waals surface area contributed by atoms with E-state index in [4.69, 9.17) is 14.6 Å². The smallest absolute Gasteiger partial charge is 0.320 e. The van der Waals surface area contributed by atoms with E-state index in [0.717, 1.165) is 30.2 Å². The fourth-order valence-corrected chi connectivity index (χ4v) is 3.32. The van der Waals surface area contributed by atoms with Crippen molar-refractivity contribution in [2.45, 2.75) is 13.8 Å². The number of ether oxygens (including phenoxy) is 2. The van der Waals surface area contributed by atoms with Crippen molar-refractivity contribution < 1.29 is 14.3 Å². The Bertz CT molecular complexity index is 1050. The minimum atomic E-state index is -0.104. The van der Waals surface area contributed by atoms with Gasteiger partial charge in [0.1, 0.15) is 12.4 Å². The van der Waals surface area contributed by atoms with Crippen molar-refractivity contribution in [3.8, 4) is 23.1 Å². The van der Waals surface area contributed by atoms with Gasteiger partial charge in [0.15, 0.2) is 5.82 Å². The number of carbonyl (C=O) groups excluding carboxylic acids is 1. The molecule has 3 aromatic rings. The van der Waals surface area contributed by atoms with Gasteiger partial charge in [-0.05, 0) is 19.1 Å². The predicted molar refractivity (Wildman–Crippen MR) is 117 cm³/mol. The van der Waals surface area contributed by atoms with E-state index < -0.39 is 0 Å². The quantitative estimate of drug-likeness (QED) is 0.582. The maximum atomic E-state index is 11.1. The van der Waals surface area contributed by atoms with E-state index in [2.05, 4.69) is 39.2 Å². The summed E-state index contributed by atoms with van der Waals surface area (Å²) in [6.45, 7) is 6.98. The van der Waals surface area contributed by atoms with Crippen molar-refractivity contribution in [2.75, 3.05) is 44.4 Å². The molecule has 0 saturated carbocycles. The van der Waals surface area contributed by atoms with E-state index in [1.807, 2.05) is 30.5 Å². The molecule has 0 spiro atoms. The average molecular weight is 422 g/mol. The second kappa shape index (κ2) is 9.57. The molecule has 162 valence electrons. The Hall–Kier alpha value is -3.46. The highest BCUT2D eigenvalue weighted by atomic mass is 16.5. The third-order valence-electron chi connectivity index (χ3n) is 4.86. The summed E-state index contributed by atoms with van der Waals surface area (Å²) in [5.74, 6) is 1.27. The van der Waals surface area contributed by atoms with Gasteiger partial charge >= 0.3 is 6.01 Å². The van der Waals surface area contributed by atoms with Gasteiger partial charge in [-0.1, -0.05) is 23.8 Å². The molecule has 1 aromatic carbocycles. The number of hydrogen-bond donors (Lipinski definition) is 1. The molecule has 1 aliphatic rings. The Balaban J connectivity index is 1.61. The Morgan fingerprint density at radius 1 is 1.16 bits per heavy atom. The summed E-state index contributed by atoms with van der Waals surface area (Å²) >= 11 is 0. The summed E-state index contributed by atoms with van der Waals surface area (Å²) in [6.07, 6.45) is 1.88. The van der Waals surface area contributed by atoms with Crippen LogP contribution in [-0.4, -0.2) is 65.1 Å². The van der Waals surface area contributed by atoms with Crippen LogP contribution in [0, 0.1) is 6.92 Å². The molecule has 1 N–H and O–H groups in total. The molecule has 1 saturated heterocycles. The van der Waals surface area contributed by atoms with E-state index >= 15 is 0 Å². The van der Waals surface area contributed by atoms with Crippen molar-refractivity contribution >= 4 is 11.7 Å². The molecule has 9 nitrogen and oxygen atoms in total. The normalized spacial score (nSPS) is 13.8. The number of carbonyl (C=O) groups is 1. The van der Waals surface area contributed by atoms with Gasteiger partial charge in [-0.2, -0.15) is 15.1 Å². The standard InChI is InChI=1S/C22H26N6O3/c1-16-4-3-5-18(14-16)19-6-8-28(26-19)21-15-20(27-9-12-30-13-10-27)24-22(25-21)31-11-7-23-17(2)29/h3-6,8,14-15H,7,9-13H2,1-2H3,(H,23,29). The molecular weight excluding hydrogens is 396 g/mol. The lowest BCUT2D eigenvalue weighted by molar-refractivity contribution is -0.119. The summed E-state index contributed by atoms with van der Waals surface area (Å²) < 4.78 is 12.9. The third kappa shape index (κ3) is 5.37. The van der Waals surface area contributed by atoms with Gasteiger partial charge < -0.3 is 19.7 Å². The summed E-state index contributed by atoms with van der Waals surface area (Å²) in [7, 11) is 0. The van der Waals surface area contributed by atoms with Crippen molar-refractivity contribution in [3.05, 3.63) is 48.2 Å². The second-order valence-electron chi connectivity index (χ2n) is 7.31. The Labute approximate surface area is 181 Å². The number of benzene rings is 1. The van der Waals surface area contributed by atoms with Crippen LogP contribution in [-0.2, 0) is 9.53 Å². The Morgan fingerprint density at radius 2 is 1.97 bits per heavy atom. The summed E-state index contributed by atoms with van der Waals surface area (Å²) in [6, 6.07) is 12.3. The maximum absolute atomic E-state index is 11.1. The maximum Gasteiger partial charge on any atom is 0.320 e. The highest BCUT2D eigenvalue weighted by Crippen LogP contribution is 2.22. The molecule has 0 atom stereocenters. The molecule has 1 aliphatic heterocycles. The van der Waals surface area contributed by atoms with Crippen LogP contribution in [0.2, 0.25) is 0 Å². The van der Waals surface area contributed by atoms with Crippen molar-refractivity contribution in [3.63, 3.8) is 0 Å². The van der Waals surface area contributed by atoms with E-state index in [-0.39, 0.29) is 18.5 Å². The van der Waals surface area contributed by atoms with Crippen LogP contribution in [0.25, 0.3) is 17.1 Å². The first-order valence-electron chi connectivity index (χ1n) is 10.3. The van der Waals surface area contributed by atoms with Crippen LogP contribution < -0.4 is 15.0 Å². The van der Waals surface area contributed by atoms with Gasteiger partial charge in [0.25, 0.3) is 0 Å². The van der Waals surface area contributed by atoms with E-state index in [1.54, 1.807) is 4.68 Å². The second-order valence-corrected chi connectivity index (χ2v) is 7.31. The number of rotatable bonds is 7. The zero-order valence-electron chi connectivity index (χ0n) is 17.7. The fraction of sp³-hybridized carbons (Fsp3) is 0.364. The summed E-state index contributed by atoms with van der Waals surface area (Å²) in [5.41, 5.74) is 3.09. The minimum Gasteiger partial charge on any atom is -0.461 e. The summed E-state index contributed by atoms with van der Waals surface area (Å²) in [5, 5.41) is 7.41. The molecule has 9 heteroatoms. The topological polar surface area (TPSA) is 94.4 Å². The average Bonchev–Trinajstić information content (AvgIpc) is 3.28. The zero-order valence-corrected chi connectivity index (χ0v) is 17.7. The predicted octanol–water partition coefficient (Wildman–Crippen LogP) is 1.99. The number of amides is 1. The van der Waals surface area contributed by atoms with Crippen LogP contribution in [0.4, 0.5) is 5.82 Å². The highest BCUT2D eigenvalue weighted by Gasteiger charge is 2.17. The highest BCUT2D eigenvalue weighted by molar-refractivity contribution is 5.72. The molecule has 0 aliphatic carbocycles. The first-order chi connectivity index (χ1) is 15.1. The van der Waals surface area contributed by atoms with Gasteiger partial charge in [-0.25, -0.2) is 4.68 Å². The number of nitrogens with one attached hydrogen (secondary N) is 1. The van der Waals surface area contributed by atoms with Crippen molar-refractivity contribution in [1.82, 2.24) is 25.1 Å². The molecule has 0 radical (unpaired) electrons. The lowest BCUT2D eigenvalue weighted by atomic mass is 10.1. The fourth-order valence-electron chi connectivity index (χ4n) is 3.32. The number of aryl methyl sites for hydroxylation is 1. The lowest BCUT2D eigenvalue weighted by Gasteiger charge is -2.28. The van der Waals surface area contributed by atoms with Crippen LogP contribution in [0.5, 0.6) is 6.01 Å². The van der Waals surface area contributed by atoms with Crippen LogP contribution in [0.1, 0.15) is 12.5 Å². The number of morpholine rings is 1. The zero-order chi connectivity index (χ0) is 21.6. The van der Waals surface area contributed by atoms with E-state index in [1.165, 1.54) is 12.5 Å².